The summed E-state index contributed by atoms with van der Waals surface area (Å²) in [6.45, 7) is 13.6. The van der Waals surface area contributed by atoms with Gasteiger partial charge in [-0.2, -0.15) is 0 Å². The zero-order valence-corrected chi connectivity index (χ0v) is 27.2. The Hall–Kier alpha value is -1.80. The molecule has 38 heavy (non-hydrogen) atoms. The van der Waals surface area contributed by atoms with Crippen molar-refractivity contribution in [2.24, 2.45) is 0 Å². The van der Waals surface area contributed by atoms with E-state index in [1.165, 1.54) is 40.5 Å². The van der Waals surface area contributed by atoms with Crippen LogP contribution in [0.1, 0.15) is 43.2 Å². The van der Waals surface area contributed by atoms with Crippen LogP contribution in [0.3, 0.4) is 0 Å². The Balaban J connectivity index is 0.000000651. The zero-order chi connectivity index (χ0) is 28.6. The SMILES string of the molecule is C#C.CC(C)(C)O.COC(=O)Cc1c(C)c2c3c(cc(C)n3CCN2SCCSI)c1-c1ccc(C)cc1. The lowest BCUT2D eigenvalue weighted by atomic mass is 9.89. The molecule has 0 saturated carbocycles. The third-order valence-electron chi connectivity index (χ3n) is 5.98. The normalized spacial score (nSPS) is 12.3. The number of aromatic nitrogens is 1. The van der Waals surface area contributed by atoms with Gasteiger partial charge in [-0.3, -0.25) is 4.79 Å². The fraction of sp³-hybridized carbons (Fsp3) is 0.433. The summed E-state index contributed by atoms with van der Waals surface area (Å²) in [4.78, 5) is 12.4. The van der Waals surface area contributed by atoms with Crippen LogP contribution in [0.4, 0.5) is 5.69 Å². The number of aliphatic hydroxyl groups is 1. The van der Waals surface area contributed by atoms with E-state index in [1.54, 1.807) is 20.8 Å². The highest BCUT2D eigenvalue weighted by atomic mass is 127. The highest BCUT2D eigenvalue weighted by molar-refractivity contribution is 14.2. The van der Waals surface area contributed by atoms with E-state index in [1.807, 2.05) is 20.9 Å². The van der Waals surface area contributed by atoms with Crippen molar-refractivity contribution in [1.29, 1.82) is 0 Å². The molecule has 0 unspecified atom stereocenters. The maximum absolute atomic E-state index is 12.4. The molecular weight excluding hydrogens is 627 g/mol. The fourth-order valence-electron chi connectivity index (χ4n) is 4.48. The van der Waals surface area contributed by atoms with Crippen LogP contribution in [-0.2, 0) is 22.5 Å². The minimum absolute atomic E-state index is 0.199. The van der Waals surface area contributed by atoms with Gasteiger partial charge in [-0.1, -0.05) is 38.8 Å². The summed E-state index contributed by atoms with van der Waals surface area (Å²) in [5.74, 6) is 1.98. The lowest BCUT2D eigenvalue weighted by Crippen LogP contribution is -2.28. The first-order valence-corrected chi connectivity index (χ1v) is 16.9. The topological polar surface area (TPSA) is 54.7 Å². The van der Waals surface area contributed by atoms with Crippen molar-refractivity contribution < 1.29 is 14.6 Å². The van der Waals surface area contributed by atoms with Crippen LogP contribution in [0.15, 0.2) is 30.3 Å². The van der Waals surface area contributed by atoms with Crippen LogP contribution in [0.25, 0.3) is 22.0 Å². The van der Waals surface area contributed by atoms with Crippen LogP contribution < -0.4 is 4.31 Å². The molecule has 0 fully saturated rings. The Labute approximate surface area is 248 Å². The molecule has 0 saturated heterocycles. The Morgan fingerprint density at radius 1 is 1.11 bits per heavy atom. The predicted molar refractivity (Wildman–Crippen MR) is 175 cm³/mol. The number of halogens is 1. The standard InChI is InChI=1S/C24H27IN2O2S2.C4H10O.C2H2/c1-15-5-7-18(8-6-15)22-19(14-21(28)29-4)17(3)23-24-20(22)13-16(2)26(24)9-10-27(23)31-12-11-30-25;1-4(2,3)5;1-2/h5-8,13H,9-12,14H2,1-4H3;5H,1-3H3;1-2H. The van der Waals surface area contributed by atoms with Gasteiger partial charge in [-0.05, 0) is 103 Å². The van der Waals surface area contributed by atoms with Gasteiger partial charge in [-0.25, -0.2) is 0 Å². The molecule has 0 amide bonds. The molecule has 1 N–H and O–H groups in total. The number of carbonyl (C=O) groups is 1. The van der Waals surface area contributed by atoms with Crippen molar-refractivity contribution in [2.45, 2.75) is 60.1 Å². The van der Waals surface area contributed by atoms with Crippen molar-refractivity contribution in [3.05, 3.63) is 52.7 Å². The summed E-state index contributed by atoms with van der Waals surface area (Å²) in [5, 5.41) is 9.75. The number of rotatable bonds is 7. The van der Waals surface area contributed by atoms with Gasteiger partial charge in [0.15, 0.2) is 0 Å². The molecule has 8 heteroatoms. The molecule has 2 aromatic carbocycles. The van der Waals surface area contributed by atoms with Crippen LogP contribution in [-0.4, -0.2) is 46.4 Å². The molecule has 0 atom stereocenters. The molecule has 2 heterocycles. The average Bonchev–Trinajstić information content (AvgIpc) is 3.20. The second kappa shape index (κ2) is 14.5. The Morgan fingerprint density at radius 2 is 1.71 bits per heavy atom. The van der Waals surface area contributed by atoms with Gasteiger partial charge in [0, 0.05) is 35.7 Å². The van der Waals surface area contributed by atoms with Gasteiger partial charge in [0.25, 0.3) is 0 Å². The summed E-state index contributed by atoms with van der Waals surface area (Å²) < 4.78 is 9.98. The highest BCUT2D eigenvalue weighted by Gasteiger charge is 2.29. The van der Waals surface area contributed by atoms with Crippen molar-refractivity contribution in [1.82, 2.24) is 4.57 Å². The molecular formula is C30H39IN2O3S2. The number of hydrogen-bond donors (Lipinski definition) is 1. The molecule has 1 aliphatic heterocycles. The van der Waals surface area contributed by atoms with Crippen LogP contribution in [0.2, 0.25) is 0 Å². The van der Waals surface area contributed by atoms with Gasteiger partial charge in [0.1, 0.15) is 0 Å². The number of ether oxygens (including phenoxy) is 1. The predicted octanol–water partition coefficient (Wildman–Crippen LogP) is 7.53. The summed E-state index contributed by atoms with van der Waals surface area (Å²) in [6, 6.07) is 10.9. The number of nitrogens with zero attached hydrogens (tertiary/aromatic N) is 2. The molecule has 0 spiro atoms. The third kappa shape index (κ3) is 8.10. The lowest BCUT2D eigenvalue weighted by Gasteiger charge is -2.33. The number of carbonyl (C=O) groups excluding carboxylic acids is 1. The van der Waals surface area contributed by atoms with Gasteiger partial charge < -0.3 is 18.7 Å². The number of esters is 1. The van der Waals surface area contributed by atoms with Crippen LogP contribution >= 0.6 is 42.1 Å². The summed E-state index contributed by atoms with van der Waals surface area (Å²) in [5.41, 5.74) is 9.13. The Bertz CT molecular complexity index is 1250. The Morgan fingerprint density at radius 3 is 2.26 bits per heavy atom. The molecule has 3 aromatic rings. The molecule has 0 radical (unpaired) electrons. The van der Waals surface area contributed by atoms with Gasteiger partial charge in [-0.15, -0.1) is 12.8 Å². The molecule has 0 aliphatic carbocycles. The van der Waals surface area contributed by atoms with E-state index in [2.05, 4.69) is 94.0 Å². The first-order chi connectivity index (χ1) is 18.0. The first kappa shape index (κ1) is 32.4. The van der Waals surface area contributed by atoms with Crippen molar-refractivity contribution in [2.75, 3.05) is 29.5 Å². The zero-order valence-electron chi connectivity index (χ0n) is 23.4. The van der Waals surface area contributed by atoms with E-state index >= 15 is 0 Å². The number of terminal acetylenes is 1. The molecule has 1 aliphatic rings. The van der Waals surface area contributed by atoms with Crippen molar-refractivity contribution in [3.63, 3.8) is 0 Å². The maximum Gasteiger partial charge on any atom is 0.310 e. The minimum atomic E-state index is -0.500. The van der Waals surface area contributed by atoms with Crippen LogP contribution in [0.5, 0.6) is 0 Å². The summed E-state index contributed by atoms with van der Waals surface area (Å²) in [7, 11) is 3.32. The van der Waals surface area contributed by atoms with E-state index in [0.717, 1.165) is 41.3 Å². The Kier molecular flexibility index (Phi) is 12.4. The summed E-state index contributed by atoms with van der Waals surface area (Å²) >= 11 is 4.26. The molecule has 206 valence electrons. The number of hydrogen-bond acceptors (Lipinski definition) is 6. The van der Waals surface area contributed by atoms with E-state index in [0.29, 0.717) is 0 Å². The lowest BCUT2D eigenvalue weighted by molar-refractivity contribution is -0.139. The fourth-order valence-corrected chi connectivity index (χ4v) is 7.44. The quantitative estimate of drug-likeness (QED) is 0.0926. The minimum Gasteiger partial charge on any atom is -0.469 e. The van der Waals surface area contributed by atoms with Gasteiger partial charge in [0.05, 0.1) is 30.3 Å². The molecule has 5 nitrogen and oxygen atoms in total. The number of benzene rings is 2. The van der Waals surface area contributed by atoms with E-state index < -0.39 is 5.60 Å². The first-order valence-electron chi connectivity index (χ1n) is 12.4. The molecule has 4 rings (SSSR count). The third-order valence-corrected chi connectivity index (χ3v) is 8.98. The number of aryl methyl sites for hydroxylation is 2. The van der Waals surface area contributed by atoms with Gasteiger partial charge >= 0.3 is 5.97 Å². The molecule has 1 aromatic heterocycles. The highest BCUT2D eigenvalue weighted by Crippen LogP contribution is 2.46. The maximum atomic E-state index is 12.4. The smallest absolute Gasteiger partial charge is 0.310 e. The van der Waals surface area contributed by atoms with Gasteiger partial charge in [0.2, 0.25) is 0 Å². The molecule has 0 bridgehead atoms. The van der Waals surface area contributed by atoms with Crippen molar-refractivity contribution >= 4 is 64.6 Å². The van der Waals surface area contributed by atoms with E-state index in [9.17, 15) is 4.79 Å². The second-order valence-electron chi connectivity index (χ2n) is 10.1. The van der Waals surface area contributed by atoms with E-state index in [4.69, 9.17) is 9.84 Å². The number of anilines is 1. The van der Waals surface area contributed by atoms with Crippen molar-refractivity contribution in [3.8, 4) is 24.0 Å². The monoisotopic (exact) mass is 666 g/mol. The largest absolute Gasteiger partial charge is 0.469 e. The average molecular weight is 667 g/mol. The van der Waals surface area contributed by atoms with E-state index in [-0.39, 0.29) is 12.4 Å². The van der Waals surface area contributed by atoms with Crippen LogP contribution in [0, 0.1) is 33.6 Å². The second-order valence-corrected chi connectivity index (χ2v) is 13.7. The summed E-state index contributed by atoms with van der Waals surface area (Å²) in [6.07, 6.45) is 8.28. The number of methoxy groups -OCH3 is 1.